The van der Waals surface area contributed by atoms with Crippen LogP contribution >= 0.6 is 31.9 Å². The van der Waals surface area contributed by atoms with E-state index in [2.05, 4.69) is 127 Å². The summed E-state index contributed by atoms with van der Waals surface area (Å²) in [5.74, 6) is -0.840. The van der Waals surface area contributed by atoms with Gasteiger partial charge >= 0.3 is 0 Å². The summed E-state index contributed by atoms with van der Waals surface area (Å²) in [6.45, 7) is 0. The highest BCUT2D eigenvalue weighted by molar-refractivity contribution is 9.18. The van der Waals surface area contributed by atoms with Gasteiger partial charge in [0.05, 0.1) is 43.9 Å². The molecule has 1 aliphatic carbocycles. The molecular formula is C47H28Br2N6. The van der Waals surface area contributed by atoms with Gasteiger partial charge in [0.15, 0.2) is 5.41 Å². The lowest BCUT2D eigenvalue weighted by Gasteiger charge is -2.11. The van der Waals surface area contributed by atoms with E-state index in [1.165, 1.54) is 0 Å². The van der Waals surface area contributed by atoms with Crippen LogP contribution in [0.25, 0.3) is 75.5 Å². The van der Waals surface area contributed by atoms with E-state index in [0.29, 0.717) is 0 Å². The van der Waals surface area contributed by atoms with Crippen molar-refractivity contribution in [3.05, 3.63) is 168 Å². The molecule has 0 amide bonds. The first-order valence-electron chi connectivity index (χ1n) is 17.9. The summed E-state index contributed by atoms with van der Waals surface area (Å²) in [4.78, 5) is 18.5. The smallest absolute Gasteiger partial charge is 0.161 e. The molecule has 2 atom stereocenters. The topological polar surface area (TPSA) is 105 Å². The van der Waals surface area contributed by atoms with Crippen LogP contribution in [0, 0.1) is 28.1 Å². The van der Waals surface area contributed by atoms with E-state index >= 15 is 0 Å². The van der Waals surface area contributed by atoms with Crippen LogP contribution in [0.15, 0.2) is 146 Å². The number of hydrogen-bond acceptors (Lipinski definition) is 4. The predicted molar refractivity (Wildman–Crippen MR) is 227 cm³/mol. The number of nitriles is 2. The zero-order valence-corrected chi connectivity index (χ0v) is 32.2. The van der Waals surface area contributed by atoms with E-state index in [1.807, 2.05) is 72.8 Å². The van der Waals surface area contributed by atoms with Crippen molar-refractivity contribution in [2.75, 3.05) is 0 Å². The van der Waals surface area contributed by atoms with Crippen molar-refractivity contribution in [1.82, 2.24) is 19.9 Å². The zero-order chi connectivity index (χ0) is 37.3. The highest BCUT2D eigenvalue weighted by atomic mass is 79.9. The Morgan fingerprint density at radius 1 is 0.436 bits per heavy atom. The average molecular weight is 837 g/mol. The van der Waals surface area contributed by atoms with Crippen molar-refractivity contribution < 1.29 is 0 Å². The normalized spacial score (nSPS) is 16.6. The Morgan fingerprint density at radius 3 is 1.07 bits per heavy atom. The molecule has 2 aliphatic heterocycles. The Kier molecular flexibility index (Phi) is 7.81. The fraction of sp³-hybridized carbons (Fsp3) is 0.0638. The molecule has 8 bridgehead atoms. The molecule has 0 unspecified atom stereocenters. The van der Waals surface area contributed by atoms with Gasteiger partial charge < -0.3 is 9.97 Å². The van der Waals surface area contributed by atoms with Crippen LogP contribution in [0.3, 0.4) is 0 Å². The Balaban J connectivity index is 1.47. The molecule has 7 aromatic rings. The zero-order valence-electron chi connectivity index (χ0n) is 29.1. The van der Waals surface area contributed by atoms with Gasteiger partial charge in [0.2, 0.25) is 0 Å². The molecule has 1 saturated carbocycles. The van der Waals surface area contributed by atoms with Gasteiger partial charge in [0.1, 0.15) is 0 Å². The number of nitrogens with one attached hydrogen (secondary N) is 2. The molecular weight excluding hydrogens is 808 g/mol. The van der Waals surface area contributed by atoms with Crippen LogP contribution in [0.5, 0.6) is 0 Å². The Labute approximate surface area is 333 Å². The molecule has 3 aromatic heterocycles. The molecule has 0 radical (unpaired) electrons. The minimum absolute atomic E-state index is 0.420. The van der Waals surface area contributed by atoms with E-state index in [0.717, 1.165) is 98.3 Å². The molecule has 5 heterocycles. The number of H-pyrrole nitrogens is 2. The number of nitrogens with zero attached hydrogens (tertiary/aromatic N) is 4. The number of fused-ring (bicyclic) bond motifs is 11. The number of aromatic nitrogens is 4. The van der Waals surface area contributed by atoms with Crippen molar-refractivity contribution in [2.24, 2.45) is 5.41 Å². The maximum atomic E-state index is 10.8. The lowest BCUT2D eigenvalue weighted by atomic mass is 9.96. The van der Waals surface area contributed by atoms with E-state index < -0.39 is 17.3 Å². The van der Waals surface area contributed by atoms with Gasteiger partial charge in [-0.25, -0.2) is 4.98 Å². The molecule has 3 aliphatic rings. The fourth-order valence-electron chi connectivity index (χ4n) is 8.39. The highest BCUT2D eigenvalue weighted by Crippen LogP contribution is 2.73. The molecule has 10 rings (SSSR count). The molecule has 1 fully saturated rings. The molecule has 2 N–H and O–H groups in total. The monoisotopic (exact) mass is 834 g/mol. The standard InChI is InChI=1S/C47H28Br2N6/c48-41-42(49)46-38(30-19-11-4-12-20-30)34-24-22-32(53-34)36(28-15-7-2-8-16-28)44-40-39(47(40,25-50)26-51)43(54-44)35(27-13-5-1-6-14-27)31-21-23-33(52-31)37(45(41)55-46)29-17-9-3-10-18-29/h1-24,39-40,52-53H/t39-,40-/m0/s1. The third kappa shape index (κ3) is 5.10. The van der Waals surface area contributed by atoms with E-state index in [1.54, 1.807) is 0 Å². The first kappa shape index (κ1) is 33.3. The third-order valence-corrected chi connectivity index (χ3v) is 13.0. The van der Waals surface area contributed by atoms with Crippen molar-refractivity contribution in [2.45, 2.75) is 11.8 Å². The second-order valence-corrected chi connectivity index (χ2v) is 15.5. The van der Waals surface area contributed by atoms with Gasteiger partial charge in [0, 0.05) is 56.2 Å². The largest absolute Gasteiger partial charge is 0.354 e. The quantitative estimate of drug-likeness (QED) is 0.184. The summed E-state index contributed by atoms with van der Waals surface area (Å²) in [5.41, 5.74) is 12.5. The number of benzene rings is 4. The average Bonchev–Trinajstić information content (AvgIpc) is 3.77. The first-order valence-corrected chi connectivity index (χ1v) is 19.5. The summed E-state index contributed by atoms with van der Waals surface area (Å²) in [7, 11) is 0. The minimum Gasteiger partial charge on any atom is -0.354 e. The van der Waals surface area contributed by atoms with Crippen LogP contribution < -0.4 is 0 Å². The number of rotatable bonds is 4. The van der Waals surface area contributed by atoms with Crippen molar-refractivity contribution >= 4 is 62.9 Å². The van der Waals surface area contributed by atoms with Gasteiger partial charge in [-0.3, -0.25) is 4.98 Å². The molecule has 0 spiro atoms. The first-order chi connectivity index (χ1) is 27.0. The van der Waals surface area contributed by atoms with Crippen LogP contribution in [-0.2, 0) is 0 Å². The van der Waals surface area contributed by atoms with Crippen molar-refractivity contribution in [1.29, 1.82) is 10.5 Å². The van der Waals surface area contributed by atoms with Gasteiger partial charge in [-0.1, -0.05) is 121 Å². The highest BCUT2D eigenvalue weighted by Gasteiger charge is 2.72. The molecule has 6 nitrogen and oxygen atoms in total. The lowest BCUT2D eigenvalue weighted by molar-refractivity contribution is 0.779. The molecule has 260 valence electrons. The van der Waals surface area contributed by atoms with Gasteiger partial charge in [0.25, 0.3) is 0 Å². The van der Waals surface area contributed by atoms with Crippen molar-refractivity contribution in [3.63, 3.8) is 0 Å². The van der Waals surface area contributed by atoms with E-state index in [9.17, 15) is 10.5 Å². The van der Waals surface area contributed by atoms with Crippen molar-refractivity contribution in [3.8, 4) is 56.6 Å². The summed E-state index contributed by atoms with van der Waals surface area (Å²) >= 11 is 7.94. The number of hydrogen-bond donors (Lipinski definition) is 2. The molecule has 4 aromatic carbocycles. The predicted octanol–water partition coefficient (Wildman–Crippen LogP) is 12.5. The number of halogens is 2. The second kappa shape index (κ2) is 12.9. The second-order valence-electron chi connectivity index (χ2n) is 13.9. The molecule has 8 heteroatoms. The van der Waals surface area contributed by atoms with Gasteiger partial charge in [-0.05, 0) is 78.4 Å². The summed E-state index contributed by atoms with van der Waals surface area (Å²) in [6, 6.07) is 54.0. The van der Waals surface area contributed by atoms with Crippen LogP contribution in [0.1, 0.15) is 34.6 Å². The summed E-state index contributed by atoms with van der Waals surface area (Å²) < 4.78 is 1.66. The Morgan fingerprint density at radius 2 is 0.745 bits per heavy atom. The number of aromatic amines is 2. The third-order valence-electron chi connectivity index (χ3n) is 10.9. The summed E-state index contributed by atoms with van der Waals surface area (Å²) in [5, 5.41) is 21.6. The van der Waals surface area contributed by atoms with Crippen LogP contribution in [0.2, 0.25) is 0 Å². The fourth-order valence-corrected chi connectivity index (χ4v) is 9.34. The van der Waals surface area contributed by atoms with Crippen LogP contribution in [0.4, 0.5) is 0 Å². The lowest BCUT2D eigenvalue weighted by Crippen LogP contribution is -2.05. The van der Waals surface area contributed by atoms with E-state index in [-0.39, 0.29) is 0 Å². The Hall–Kier alpha value is -6.32. The minimum atomic E-state index is -1.27. The van der Waals surface area contributed by atoms with Crippen LogP contribution in [-0.4, -0.2) is 19.9 Å². The van der Waals surface area contributed by atoms with Gasteiger partial charge in [-0.15, -0.1) is 0 Å². The summed E-state index contributed by atoms with van der Waals surface area (Å²) in [6.07, 6.45) is 0. The SMILES string of the molecule is N#CC1(C#N)[C@@H]2c3nc(c(-c4ccccc4)c4ccc([nH]4)c(-c4ccccc4)c4nc(c(-c5ccccc5)c5ccc([nH]5)c3-c3ccccc3)C(Br)=C4Br)[C@H]21. The molecule has 0 saturated heterocycles. The molecule has 55 heavy (non-hydrogen) atoms. The Bertz CT molecular complexity index is 2770. The maximum Gasteiger partial charge on any atom is 0.161 e. The maximum absolute atomic E-state index is 10.8. The van der Waals surface area contributed by atoms with Gasteiger partial charge in [-0.2, -0.15) is 10.5 Å². The van der Waals surface area contributed by atoms with E-state index in [4.69, 9.17) is 9.97 Å².